The fourth-order valence-electron chi connectivity index (χ4n) is 2.38. The van der Waals surface area contributed by atoms with Crippen molar-refractivity contribution in [2.24, 2.45) is 0 Å². The molecule has 0 radical (unpaired) electrons. The number of nitro benzene ring substituents is 1. The van der Waals surface area contributed by atoms with E-state index in [0.29, 0.717) is 5.69 Å². The molecule has 1 amide bonds. The molecule has 0 atom stereocenters. The average Bonchev–Trinajstić information content (AvgIpc) is 3.10. The molecule has 0 unspecified atom stereocenters. The van der Waals surface area contributed by atoms with E-state index in [9.17, 15) is 14.9 Å². The SMILES string of the molecule is O=C(Cc1ccc(-n2cccc2)cc1)Nc1cccc([N+](=O)[O-])c1. The first-order valence-electron chi connectivity index (χ1n) is 7.38. The number of carbonyl (C=O) groups is 1. The number of nitrogens with one attached hydrogen (secondary N) is 1. The largest absolute Gasteiger partial charge is 0.326 e. The van der Waals surface area contributed by atoms with Gasteiger partial charge in [-0.05, 0) is 35.9 Å². The zero-order valence-electron chi connectivity index (χ0n) is 12.8. The van der Waals surface area contributed by atoms with E-state index >= 15 is 0 Å². The van der Waals surface area contributed by atoms with Crippen molar-refractivity contribution in [3.8, 4) is 5.69 Å². The van der Waals surface area contributed by atoms with Gasteiger partial charge in [0.25, 0.3) is 5.69 Å². The first kappa shape index (κ1) is 15.5. The summed E-state index contributed by atoms with van der Waals surface area (Å²) >= 11 is 0. The van der Waals surface area contributed by atoms with Gasteiger partial charge in [0.2, 0.25) is 5.91 Å². The Hall–Kier alpha value is -3.41. The highest BCUT2D eigenvalue weighted by Crippen LogP contribution is 2.17. The zero-order valence-corrected chi connectivity index (χ0v) is 12.8. The van der Waals surface area contributed by atoms with Crippen molar-refractivity contribution in [2.75, 3.05) is 5.32 Å². The van der Waals surface area contributed by atoms with Crippen LogP contribution in [-0.2, 0) is 11.2 Å². The molecule has 3 rings (SSSR count). The highest BCUT2D eigenvalue weighted by atomic mass is 16.6. The average molecular weight is 321 g/mol. The lowest BCUT2D eigenvalue weighted by Crippen LogP contribution is -2.14. The van der Waals surface area contributed by atoms with Gasteiger partial charge in [-0.3, -0.25) is 14.9 Å². The Bertz CT molecular complexity index is 855. The molecule has 0 aliphatic rings. The van der Waals surface area contributed by atoms with Gasteiger partial charge >= 0.3 is 0 Å². The zero-order chi connectivity index (χ0) is 16.9. The molecular formula is C18H15N3O3. The van der Waals surface area contributed by atoms with Crippen LogP contribution in [0.15, 0.2) is 73.1 Å². The van der Waals surface area contributed by atoms with Gasteiger partial charge in [0, 0.05) is 35.9 Å². The van der Waals surface area contributed by atoms with Crippen LogP contribution in [0.2, 0.25) is 0 Å². The first-order chi connectivity index (χ1) is 11.6. The van der Waals surface area contributed by atoms with Gasteiger partial charge in [-0.25, -0.2) is 0 Å². The van der Waals surface area contributed by atoms with Gasteiger partial charge in [0.05, 0.1) is 11.3 Å². The van der Waals surface area contributed by atoms with E-state index in [1.165, 1.54) is 12.1 Å². The van der Waals surface area contributed by atoms with Crippen molar-refractivity contribution in [1.82, 2.24) is 4.57 Å². The van der Waals surface area contributed by atoms with E-state index < -0.39 is 4.92 Å². The normalized spacial score (nSPS) is 10.3. The van der Waals surface area contributed by atoms with Crippen molar-refractivity contribution < 1.29 is 9.72 Å². The van der Waals surface area contributed by atoms with E-state index in [2.05, 4.69) is 5.32 Å². The third-order valence-corrected chi connectivity index (χ3v) is 3.54. The minimum absolute atomic E-state index is 0.0520. The molecule has 1 aromatic heterocycles. The topological polar surface area (TPSA) is 77.2 Å². The van der Waals surface area contributed by atoms with Gasteiger partial charge in [-0.1, -0.05) is 18.2 Å². The van der Waals surface area contributed by atoms with Gasteiger partial charge in [-0.15, -0.1) is 0 Å². The van der Waals surface area contributed by atoms with Crippen molar-refractivity contribution in [3.63, 3.8) is 0 Å². The third-order valence-electron chi connectivity index (χ3n) is 3.54. The monoisotopic (exact) mass is 321 g/mol. The predicted molar refractivity (Wildman–Crippen MR) is 91.2 cm³/mol. The lowest BCUT2D eigenvalue weighted by molar-refractivity contribution is -0.384. The summed E-state index contributed by atoms with van der Waals surface area (Å²) < 4.78 is 1.98. The van der Waals surface area contributed by atoms with E-state index in [1.54, 1.807) is 12.1 Å². The van der Waals surface area contributed by atoms with Crippen molar-refractivity contribution >= 4 is 17.3 Å². The lowest BCUT2D eigenvalue weighted by atomic mass is 10.1. The molecule has 0 aliphatic heterocycles. The van der Waals surface area contributed by atoms with Crippen LogP contribution < -0.4 is 5.32 Å². The summed E-state index contributed by atoms with van der Waals surface area (Å²) in [6.45, 7) is 0. The molecular weight excluding hydrogens is 306 g/mol. The first-order valence-corrected chi connectivity index (χ1v) is 7.38. The number of non-ortho nitro benzene ring substituents is 1. The summed E-state index contributed by atoms with van der Waals surface area (Å²) in [5.41, 5.74) is 2.25. The van der Waals surface area contributed by atoms with Crippen LogP contribution in [0.25, 0.3) is 5.69 Å². The fraction of sp³-hybridized carbons (Fsp3) is 0.0556. The van der Waals surface area contributed by atoms with Crippen molar-refractivity contribution in [2.45, 2.75) is 6.42 Å². The van der Waals surface area contributed by atoms with E-state index in [0.717, 1.165) is 11.3 Å². The maximum absolute atomic E-state index is 12.1. The van der Waals surface area contributed by atoms with Crippen LogP contribution in [0, 0.1) is 10.1 Å². The Labute approximate surface area is 138 Å². The summed E-state index contributed by atoms with van der Waals surface area (Å²) in [6, 6.07) is 17.4. The summed E-state index contributed by atoms with van der Waals surface area (Å²) in [7, 11) is 0. The molecule has 2 aromatic carbocycles. The molecule has 1 heterocycles. The smallest absolute Gasteiger partial charge is 0.271 e. The number of rotatable bonds is 5. The van der Waals surface area contributed by atoms with Crippen molar-refractivity contribution in [1.29, 1.82) is 0 Å². The van der Waals surface area contributed by atoms with Gasteiger partial charge in [0.1, 0.15) is 0 Å². The second-order valence-corrected chi connectivity index (χ2v) is 5.29. The number of benzene rings is 2. The number of nitro groups is 1. The van der Waals surface area contributed by atoms with Gasteiger partial charge in [0.15, 0.2) is 0 Å². The summed E-state index contributed by atoms with van der Waals surface area (Å²) in [5.74, 6) is -0.218. The van der Waals surface area contributed by atoms with E-state index in [-0.39, 0.29) is 18.0 Å². The third kappa shape index (κ3) is 3.67. The maximum atomic E-state index is 12.1. The standard InChI is InChI=1S/C18H15N3O3/c22-18(19-15-4-3-5-17(13-15)21(23)24)12-14-6-8-16(9-7-14)20-10-1-2-11-20/h1-11,13H,12H2,(H,19,22). The second-order valence-electron chi connectivity index (χ2n) is 5.29. The van der Waals surface area contributed by atoms with E-state index in [1.807, 2.05) is 53.4 Å². The van der Waals surface area contributed by atoms with Gasteiger partial charge in [-0.2, -0.15) is 0 Å². The molecule has 0 saturated heterocycles. The van der Waals surface area contributed by atoms with Gasteiger partial charge < -0.3 is 9.88 Å². The number of hydrogen-bond donors (Lipinski definition) is 1. The Balaban J connectivity index is 1.64. The van der Waals surface area contributed by atoms with Crippen LogP contribution >= 0.6 is 0 Å². The Morgan fingerprint density at radius 1 is 1.04 bits per heavy atom. The number of amides is 1. The molecule has 6 nitrogen and oxygen atoms in total. The molecule has 120 valence electrons. The molecule has 24 heavy (non-hydrogen) atoms. The number of aromatic nitrogens is 1. The molecule has 3 aromatic rings. The number of carbonyl (C=O) groups excluding carboxylic acids is 1. The Morgan fingerprint density at radius 3 is 2.42 bits per heavy atom. The van der Waals surface area contributed by atoms with Crippen LogP contribution in [0.1, 0.15) is 5.56 Å². The molecule has 0 fully saturated rings. The van der Waals surface area contributed by atoms with E-state index in [4.69, 9.17) is 0 Å². The number of anilines is 1. The summed E-state index contributed by atoms with van der Waals surface area (Å²) in [5, 5.41) is 13.4. The molecule has 0 spiro atoms. The highest BCUT2D eigenvalue weighted by Gasteiger charge is 2.09. The molecule has 0 saturated carbocycles. The minimum atomic E-state index is -0.490. The van der Waals surface area contributed by atoms with Crippen molar-refractivity contribution in [3.05, 3.63) is 88.7 Å². The maximum Gasteiger partial charge on any atom is 0.271 e. The number of nitrogens with zero attached hydrogens (tertiary/aromatic N) is 2. The molecule has 0 bridgehead atoms. The predicted octanol–water partition coefficient (Wildman–Crippen LogP) is 3.57. The second kappa shape index (κ2) is 6.78. The Morgan fingerprint density at radius 2 is 1.75 bits per heavy atom. The highest BCUT2D eigenvalue weighted by molar-refractivity contribution is 5.92. The molecule has 6 heteroatoms. The van der Waals surface area contributed by atoms with Crippen LogP contribution in [0.4, 0.5) is 11.4 Å². The fourth-order valence-corrected chi connectivity index (χ4v) is 2.38. The lowest BCUT2D eigenvalue weighted by Gasteiger charge is -2.07. The van der Waals surface area contributed by atoms with Crippen LogP contribution in [0.3, 0.4) is 0 Å². The van der Waals surface area contributed by atoms with Crippen LogP contribution in [-0.4, -0.2) is 15.4 Å². The quantitative estimate of drug-likeness (QED) is 0.576. The Kier molecular flexibility index (Phi) is 4.38. The molecule has 0 aliphatic carbocycles. The summed E-state index contributed by atoms with van der Waals surface area (Å²) in [6.07, 6.45) is 4.10. The van der Waals surface area contributed by atoms with Crippen LogP contribution in [0.5, 0.6) is 0 Å². The number of hydrogen-bond acceptors (Lipinski definition) is 3. The molecule has 1 N–H and O–H groups in total. The summed E-state index contributed by atoms with van der Waals surface area (Å²) in [4.78, 5) is 22.4. The minimum Gasteiger partial charge on any atom is -0.326 e.